The number of pyridine rings is 1. The van der Waals surface area contributed by atoms with E-state index in [0.717, 1.165) is 0 Å². The zero-order chi connectivity index (χ0) is 25.4. The van der Waals surface area contributed by atoms with Gasteiger partial charge in [0.1, 0.15) is 11.6 Å². The number of carbonyl (C=O) groups is 1. The predicted octanol–water partition coefficient (Wildman–Crippen LogP) is 1.55. The predicted molar refractivity (Wildman–Crippen MR) is 130 cm³/mol. The molecule has 0 unspecified atom stereocenters. The average molecular weight is 529 g/mol. The van der Waals surface area contributed by atoms with E-state index >= 15 is 0 Å². The van der Waals surface area contributed by atoms with Crippen LogP contribution >= 0.6 is 11.6 Å². The van der Waals surface area contributed by atoms with E-state index in [2.05, 4.69) is 15.0 Å². The number of carbonyl (C=O) groups excluding carboxylic acids is 1. The molecule has 11 nitrogen and oxygen atoms in total. The van der Waals surface area contributed by atoms with Crippen molar-refractivity contribution in [1.82, 2.24) is 24.2 Å². The lowest BCUT2D eigenvalue weighted by atomic mass is 10.2. The summed E-state index contributed by atoms with van der Waals surface area (Å²) in [5.74, 6) is -0.217. The monoisotopic (exact) mass is 528 g/mol. The maximum atomic E-state index is 13.1. The Morgan fingerprint density at radius 2 is 1.83 bits per heavy atom. The van der Waals surface area contributed by atoms with Gasteiger partial charge in [-0.1, -0.05) is 11.6 Å². The van der Waals surface area contributed by atoms with Crippen LogP contribution in [0.1, 0.15) is 16.1 Å². The highest BCUT2D eigenvalue weighted by Gasteiger charge is 2.32. The largest absolute Gasteiger partial charge is 0.618 e. The third-order valence-electron chi connectivity index (χ3n) is 6.01. The Hall–Kier alpha value is -3.58. The van der Waals surface area contributed by atoms with Crippen LogP contribution in [-0.4, -0.2) is 69.8 Å². The molecule has 1 aliphatic heterocycles. The van der Waals surface area contributed by atoms with Crippen molar-refractivity contribution in [3.05, 3.63) is 76.3 Å². The normalized spacial score (nSPS) is 14.9. The highest BCUT2D eigenvalue weighted by molar-refractivity contribution is 7.89. The number of aromatic amines is 1. The number of aromatic nitrogens is 4. The molecule has 0 saturated carbocycles. The van der Waals surface area contributed by atoms with Crippen molar-refractivity contribution in [2.45, 2.75) is 11.6 Å². The fourth-order valence-electron chi connectivity index (χ4n) is 4.06. The molecule has 0 spiro atoms. The first kappa shape index (κ1) is 24.1. The van der Waals surface area contributed by atoms with Crippen molar-refractivity contribution in [3.8, 4) is 11.5 Å². The fraction of sp³-hybridized carbons (Fsp3) is 0.217. The molecule has 36 heavy (non-hydrogen) atoms. The number of nitrogens with one attached hydrogen (secondary N) is 1. The van der Waals surface area contributed by atoms with E-state index in [1.807, 2.05) is 0 Å². The number of rotatable bonds is 5. The molecule has 1 amide bonds. The van der Waals surface area contributed by atoms with Gasteiger partial charge < -0.3 is 20.2 Å². The van der Waals surface area contributed by atoms with Crippen molar-refractivity contribution in [1.29, 1.82) is 0 Å². The molecule has 0 bridgehead atoms. The van der Waals surface area contributed by atoms with E-state index in [9.17, 15) is 23.5 Å². The SMILES string of the molecule is O=C(c1cnc(-c2cccc(CO)[n+]2[O-])nc1)N1CCN(S(=O)(=O)c2cc3cc(Cl)ccc3[nH]2)CC1. The molecule has 0 aliphatic carbocycles. The standard InChI is InChI=1S/C23H21ClN6O5S/c24-17-4-5-19-15(10-17)11-21(27-19)36(34,35)29-8-6-28(7-9-29)23(32)16-12-25-22(26-13-16)20-3-1-2-18(14-31)30(20)33/h1-5,10-13,27,31H,6-9,14H2. The lowest BCUT2D eigenvalue weighted by molar-refractivity contribution is -0.605. The lowest BCUT2D eigenvalue weighted by Gasteiger charge is -2.33. The molecule has 2 N–H and O–H groups in total. The average Bonchev–Trinajstić information content (AvgIpc) is 3.33. The number of aliphatic hydroxyl groups excluding tert-OH is 1. The van der Waals surface area contributed by atoms with E-state index in [1.165, 1.54) is 33.7 Å². The molecule has 1 aromatic carbocycles. The van der Waals surface area contributed by atoms with Crippen LogP contribution in [-0.2, 0) is 16.6 Å². The lowest BCUT2D eigenvalue weighted by Crippen LogP contribution is -2.50. The smallest absolute Gasteiger partial charge is 0.261 e. The number of amides is 1. The van der Waals surface area contributed by atoms with Gasteiger partial charge in [0.2, 0.25) is 11.5 Å². The molecule has 4 aromatic rings. The van der Waals surface area contributed by atoms with Gasteiger partial charge in [-0.15, -0.1) is 0 Å². The number of piperazine rings is 1. The van der Waals surface area contributed by atoms with E-state index in [1.54, 1.807) is 30.3 Å². The van der Waals surface area contributed by atoms with Gasteiger partial charge >= 0.3 is 0 Å². The zero-order valence-electron chi connectivity index (χ0n) is 18.8. The number of nitrogens with zero attached hydrogens (tertiary/aromatic N) is 5. The third-order valence-corrected chi connectivity index (χ3v) is 8.07. The Kier molecular flexibility index (Phi) is 6.35. The summed E-state index contributed by atoms with van der Waals surface area (Å²) in [4.78, 5) is 25.7. The minimum absolute atomic E-state index is 0.0735. The van der Waals surface area contributed by atoms with Gasteiger partial charge in [0.25, 0.3) is 21.6 Å². The number of hydrogen-bond donors (Lipinski definition) is 2. The quantitative estimate of drug-likeness (QED) is 0.295. The van der Waals surface area contributed by atoms with Gasteiger partial charge in [0, 0.05) is 66.6 Å². The number of sulfonamides is 1. The van der Waals surface area contributed by atoms with Gasteiger partial charge in [-0.25, -0.2) is 18.4 Å². The van der Waals surface area contributed by atoms with E-state index in [0.29, 0.717) is 20.7 Å². The molecule has 1 fully saturated rings. The van der Waals surface area contributed by atoms with Gasteiger partial charge in [-0.05, 0) is 30.3 Å². The molecule has 3 aromatic heterocycles. The number of aliphatic hydroxyl groups is 1. The minimum Gasteiger partial charge on any atom is -0.618 e. The summed E-state index contributed by atoms with van der Waals surface area (Å²) in [5, 5.41) is 22.8. The second-order valence-corrected chi connectivity index (χ2v) is 10.6. The topological polar surface area (TPSA) is 146 Å². The van der Waals surface area contributed by atoms with Gasteiger partial charge in [0.15, 0.2) is 0 Å². The molecule has 1 aliphatic rings. The van der Waals surface area contributed by atoms with E-state index in [-0.39, 0.29) is 59.9 Å². The number of fused-ring (bicyclic) bond motifs is 1. The third kappa shape index (κ3) is 4.39. The Morgan fingerprint density at radius 3 is 2.53 bits per heavy atom. The summed E-state index contributed by atoms with van der Waals surface area (Å²) in [6, 6.07) is 11.3. The minimum atomic E-state index is -3.77. The van der Waals surface area contributed by atoms with Gasteiger partial charge in [0.05, 0.1) is 5.56 Å². The maximum Gasteiger partial charge on any atom is 0.261 e. The molecule has 0 atom stereocenters. The molecule has 4 heterocycles. The number of hydrogen-bond acceptors (Lipinski definition) is 7. The van der Waals surface area contributed by atoms with E-state index in [4.69, 9.17) is 11.6 Å². The Balaban J connectivity index is 1.27. The first-order valence-electron chi connectivity index (χ1n) is 11.0. The zero-order valence-corrected chi connectivity index (χ0v) is 20.4. The van der Waals surface area contributed by atoms with Crippen LogP contribution in [0.2, 0.25) is 5.02 Å². The summed E-state index contributed by atoms with van der Waals surface area (Å²) in [7, 11) is -3.77. The van der Waals surface area contributed by atoms with Crippen LogP contribution in [0.3, 0.4) is 0 Å². The fourth-order valence-corrected chi connectivity index (χ4v) is 5.68. The van der Waals surface area contributed by atoms with Crippen molar-refractivity contribution >= 4 is 38.4 Å². The molecule has 1 saturated heterocycles. The van der Waals surface area contributed by atoms with Crippen LogP contribution in [0.15, 0.2) is 59.9 Å². The number of benzene rings is 1. The number of H-pyrrole nitrogens is 1. The summed E-state index contributed by atoms with van der Waals surface area (Å²) >= 11 is 6.00. The van der Waals surface area contributed by atoms with Crippen LogP contribution in [0.25, 0.3) is 22.4 Å². The van der Waals surface area contributed by atoms with Gasteiger partial charge in [-0.3, -0.25) is 4.79 Å². The highest BCUT2D eigenvalue weighted by atomic mass is 35.5. The van der Waals surface area contributed by atoms with Crippen molar-refractivity contribution in [3.63, 3.8) is 0 Å². The van der Waals surface area contributed by atoms with E-state index < -0.39 is 16.6 Å². The Labute approximate surface area is 211 Å². The summed E-state index contributed by atoms with van der Waals surface area (Å²) in [6.45, 7) is 0.237. The summed E-state index contributed by atoms with van der Waals surface area (Å²) < 4.78 is 28.1. The molecule has 186 valence electrons. The molecule has 13 heteroatoms. The Bertz CT molecular complexity index is 1550. The summed E-state index contributed by atoms with van der Waals surface area (Å²) in [5.41, 5.74) is 1.19. The second-order valence-electron chi connectivity index (χ2n) is 8.21. The molecule has 5 rings (SSSR count). The van der Waals surface area contributed by atoms with Crippen molar-refractivity contribution in [2.24, 2.45) is 0 Å². The molecule has 0 radical (unpaired) electrons. The molecular weight excluding hydrogens is 508 g/mol. The number of halogens is 1. The van der Waals surface area contributed by atoms with Crippen LogP contribution in [0.5, 0.6) is 0 Å². The first-order chi connectivity index (χ1) is 17.3. The second kappa shape index (κ2) is 9.47. The van der Waals surface area contributed by atoms with Crippen LogP contribution in [0.4, 0.5) is 0 Å². The summed E-state index contributed by atoms with van der Waals surface area (Å²) in [6.07, 6.45) is 2.66. The van der Waals surface area contributed by atoms with Gasteiger partial charge in [-0.2, -0.15) is 9.04 Å². The van der Waals surface area contributed by atoms with Crippen LogP contribution in [0, 0.1) is 5.21 Å². The Morgan fingerprint density at radius 1 is 1.11 bits per heavy atom. The van der Waals surface area contributed by atoms with Crippen molar-refractivity contribution < 1.29 is 23.0 Å². The van der Waals surface area contributed by atoms with Crippen LogP contribution < -0.4 is 4.73 Å². The first-order valence-corrected chi connectivity index (χ1v) is 12.8. The van der Waals surface area contributed by atoms with Crippen molar-refractivity contribution in [2.75, 3.05) is 26.2 Å². The molecular formula is C23H21ClN6O5S. The maximum absolute atomic E-state index is 13.1. The highest BCUT2D eigenvalue weighted by Crippen LogP contribution is 2.25.